The van der Waals surface area contributed by atoms with Crippen molar-refractivity contribution in [2.24, 2.45) is 0 Å². The van der Waals surface area contributed by atoms with Crippen LogP contribution in [-0.2, 0) is 0 Å². The largest absolute Gasteiger partial charge is 0.394 e. The lowest BCUT2D eigenvalue weighted by Gasteiger charge is -2.23. The molecule has 0 aliphatic carbocycles. The maximum absolute atomic E-state index is 8.93. The number of aliphatic hydroxyl groups excluding tert-OH is 1. The van der Waals surface area contributed by atoms with E-state index in [1.165, 1.54) is 0 Å². The molecule has 1 rings (SSSR count). The van der Waals surface area contributed by atoms with Crippen LogP contribution in [0.4, 0.5) is 5.82 Å². The molecule has 0 amide bonds. The van der Waals surface area contributed by atoms with Crippen LogP contribution in [0.3, 0.4) is 0 Å². The van der Waals surface area contributed by atoms with Crippen LogP contribution in [0.25, 0.3) is 0 Å². The summed E-state index contributed by atoms with van der Waals surface area (Å²) in [5, 5.41) is 9.54. The molecule has 3 nitrogen and oxygen atoms in total. The molecule has 0 bridgehead atoms. The summed E-state index contributed by atoms with van der Waals surface area (Å²) in [6.45, 7) is 2.04. The fourth-order valence-corrected chi connectivity index (χ4v) is 1.04. The summed E-state index contributed by atoms with van der Waals surface area (Å²) in [7, 11) is 1.89. The van der Waals surface area contributed by atoms with Crippen molar-refractivity contribution < 1.29 is 5.11 Å². The van der Waals surface area contributed by atoms with Crippen LogP contribution < -0.4 is 4.90 Å². The minimum absolute atomic E-state index is 0.0636. The van der Waals surface area contributed by atoms with E-state index in [2.05, 4.69) is 4.98 Å². The van der Waals surface area contributed by atoms with Gasteiger partial charge in [0.15, 0.2) is 0 Å². The van der Waals surface area contributed by atoms with Crippen molar-refractivity contribution >= 4 is 17.4 Å². The summed E-state index contributed by atoms with van der Waals surface area (Å²) in [6, 6.07) is 3.67. The highest BCUT2D eigenvalue weighted by atomic mass is 35.5. The molecule has 0 aliphatic rings. The first-order valence-corrected chi connectivity index (χ1v) is 4.48. The lowest BCUT2D eigenvalue weighted by molar-refractivity contribution is 0.270. The molecule has 1 aromatic heterocycles. The second kappa shape index (κ2) is 4.44. The number of halogens is 1. The molecule has 1 N–H and O–H groups in total. The fraction of sp³-hybridized carbons (Fsp3) is 0.444. The van der Waals surface area contributed by atoms with E-state index in [0.717, 1.165) is 5.82 Å². The molecule has 0 saturated carbocycles. The number of nitrogens with zero attached hydrogens (tertiary/aromatic N) is 2. The van der Waals surface area contributed by atoms with Gasteiger partial charge < -0.3 is 10.0 Å². The third kappa shape index (κ3) is 2.57. The van der Waals surface area contributed by atoms with Crippen molar-refractivity contribution in [1.29, 1.82) is 0 Å². The van der Waals surface area contributed by atoms with Gasteiger partial charge in [-0.25, -0.2) is 4.98 Å². The smallest absolute Gasteiger partial charge is 0.128 e. The quantitative estimate of drug-likeness (QED) is 0.805. The van der Waals surface area contributed by atoms with E-state index in [1.54, 1.807) is 12.3 Å². The van der Waals surface area contributed by atoms with Crippen molar-refractivity contribution in [3.63, 3.8) is 0 Å². The van der Waals surface area contributed by atoms with Gasteiger partial charge in [-0.3, -0.25) is 0 Å². The molecule has 0 unspecified atom stereocenters. The van der Waals surface area contributed by atoms with Crippen molar-refractivity contribution in [1.82, 2.24) is 4.98 Å². The first-order chi connectivity index (χ1) is 6.15. The summed E-state index contributed by atoms with van der Waals surface area (Å²) >= 11 is 5.70. The van der Waals surface area contributed by atoms with Crippen molar-refractivity contribution in [2.45, 2.75) is 13.0 Å². The van der Waals surface area contributed by atoms with Gasteiger partial charge in [0.05, 0.1) is 17.7 Å². The van der Waals surface area contributed by atoms with Crippen LogP contribution in [0.1, 0.15) is 6.92 Å². The first-order valence-electron chi connectivity index (χ1n) is 4.10. The highest BCUT2D eigenvalue weighted by Crippen LogP contribution is 2.14. The summed E-state index contributed by atoms with van der Waals surface area (Å²) in [4.78, 5) is 6.03. The van der Waals surface area contributed by atoms with Gasteiger partial charge in [-0.1, -0.05) is 11.6 Å². The monoisotopic (exact) mass is 200 g/mol. The predicted octanol–water partition coefficient (Wildman–Crippen LogP) is 1.55. The minimum Gasteiger partial charge on any atom is -0.394 e. The lowest BCUT2D eigenvalue weighted by atomic mass is 10.3. The van der Waals surface area contributed by atoms with Gasteiger partial charge in [0.1, 0.15) is 5.82 Å². The van der Waals surface area contributed by atoms with Crippen LogP contribution in [0.5, 0.6) is 0 Å². The lowest BCUT2D eigenvalue weighted by Crippen LogP contribution is -2.32. The van der Waals surface area contributed by atoms with Gasteiger partial charge in [0.25, 0.3) is 0 Å². The van der Waals surface area contributed by atoms with E-state index in [9.17, 15) is 0 Å². The summed E-state index contributed by atoms with van der Waals surface area (Å²) in [5.74, 6) is 0.811. The van der Waals surface area contributed by atoms with Crippen molar-refractivity contribution in [2.75, 3.05) is 18.6 Å². The van der Waals surface area contributed by atoms with E-state index in [0.29, 0.717) is 5.02 Å². The maximum Gasteiger partial charge on any atom is 0.128 e. The SMILES string of the molecule is C[C@H](CO)N(C)c1ccc(Cl)cn1. The molecular weight excluding hydrogens is 188 g/mol. The van der Waals surface area contributed by atoms with E-state index in [4.69, 9.17) is 16.7 Å². The summed E-state index contributed by atoms with van der Waals surface area (Å²) in [5.41, 5.74) is 0. The third-order valence-electron chi connectivity index (χ3n) is 2.00. The minimum atomic E-state index is 0.0636. The molecule has 0 radical (unpaired) electrons. The Hall–Kier alpha value is -0.800. The van der Waals surface area contributed by atoms with E-state index < -0.39 is 0 Å². The summed E-state index contributed by atoms with van der Waals surface area (Å²) < 4.78 is 0. The van der Waals surface area contributed by atoms with Crippen molar-refractivity contribution in [3.8, 4) is 0 Å². The number of hydrogen-bond acceptors (Lipinski definition) is 3. The zero-order valence-electron chi connectivity index (χ0n) is 7.74. The van der Waals surface area contributed by atoms with Crippen LogP contribution in [0.2, 0.25) is 5.02 Å². The van der Waals surface area contributed by atoms with Crippen LogP contribution in [-0.4, -0.2) is 29.8 Å². The first kappa shape index (κ1) is 10.3. The van der Waals surface area contributed by atoms with Crippen LogP contribution in [0.15, 0.2) is 18.3 Å². The third-order valence-corrected chi connectivity index (χ3v) is 2.22. The van der Waals surface area contributed by atoms with E-state index >= 15 is 0 Å². The zero-order valence-corrected chi connectivity index (χ0v) is 8.49. The molecule has 4 heteroatoms. The highest BCUT2D eigenvalue weighted by Gasteiger charge is 2.08. The fourth-order valence-electron chi connectivity index (χ4n) is 0.925. The van der Waals surface area contributed by atoms with Crippen LogP contribution in [0, 0.1) is 0 Å². The summed E-state index contributed by atoms with van der Waals surface area (Å²) in [6.07, 6.45) is 1.59. The Bertz CT molecular complexity index is 263. The number of likely N-dealkylation sites (N-methyl/N-ethyl adjacent to an activating group) is 1. The number of anilines is 1. The highest BCUT2D eigenvalue weighted by molar-refractivity contribution is 6.30. The van der Waals surface area contributed by atoms with E-state index in [-0.39, 0.29) is 12.6 Å². The number of aliphatic hydroxyl groups is 1. The second-order valence-electron chi connectivity index (χ2n) is 2.98. The van der Waals surface area contributed by atoms with Gasteiger partial charge in [0.2, 0.25) is 0 Å². The van der Waals surface area contributed by atoms with Gasteiger partial charge in [-0.2, -0.15) is 0 Å². The molecule has 1 heterocycles. The van der Waals surface area contributed by atoms with Gasteiger partial charge >= 0.3 is 0 Å². The standard InChI is InChI=1S/C9H13ClN2O/c1-7(6-13)12(2)9-4-3-8(10)5-11-9/h3-5,7,13H,6H2,1-2H3/t7-/m1/s1. The second-order valence-corrected chi connectivity index (χ2v) is 3.41. The van der Waals surface area contributed by atoms with Crippen LogP contribution >= 0.6 is 11.6 Å². The maximum atomic E-state index is 8.93. The number of hydrogen-bond donors (Lipinski definition) is 1. The molecule has 1 atom stereocenters. The predicted molar refractivity (Wildman–Crippen MR) is 54.2 cm³/mol. The number of rotatable bonds is 3. The molecule has 1 aromatic rings. The average molecular weight is 201 g/mol. The normalized spacial score (nSPS) is 12.6. The molecule has 0 saturated heterocycles. The molecule has 0 spiro atoms. The molecule has 0 aliphatic heterocycles. The van der Waals surface area contributed by atoms with Crippen molar-refractivity contribution in [3.05, 3.63) is 23.4 Å². The Balaban J connectivity index is 2.77. The van der Waals surface area contributed by atoms with Gasteiger partial charge in [-0.05, 0) is 19.1 Å². The Labute approximate surface area is 83.0 Å². The Kier molecular flexibility index (Phi) is 3.51. The van der Waals surface area contributed by atoms with E-state index in [1.807, 2.05) is 24.9 Å². The molecule has 72 valence electrons. The zero-order chi connectivity index (χ0) is 9.84. The van der Waals surface area contributed by atoms with Gasteiger partial charge in [0, 0.05) is 13.2 Å². The Morgan fingerprint density at radius 1 is 1.62 bits per heavy atom. The Morgan fingerprint density at radius 2 is 2.31 bits per heavy atom. The number of pyridine rings is 1. The molecule has 0 fully saturated rings. The topological polar surface area (TPSA) is 36.4 Å². The average Bonchev–Trinajstić information content (AvgIpc) is 2.17. The molecule has 13 heavy (non-hydrogen) atoms. The Morgan fingerprint density at radius 3 is 2.77 bits per heavy atom. The molecular formula is C9H13ClN2O. The molecule has 0 aromatic carbocycles. The van der Waals surface area contributed by atoms with Gasteiger partial charge in [-0.15, -0.1) is 0 Å². The number of aromatic nitrogens is 1.